The van der Waals surface area contributed by atoms with Gasteiger partial charge in [0.05, 0.1) is 2.88 Å². The molecule has 0 spiro atoms. The predicted molar refractivity (Wildman–Crippen MR) is 71.6 cm³/mol. The highest BCUT2D eigenvalue weighted by Crippen LogP contribution is 2.33. The lowest BCUT2D eigenvalue weighted by Crippen LogP contribution is -1.91. The summed E-state index contributed by atoms with van der Waals surface area (Å²) < 4.78 is 2.55. The summed E-state index contributed by atoms with van der Waals surface area (Å²) in [6.45, 7) is 0. The van der Waals surface area contributed by atoms with Gasteiger partial charge in [-0.25, -0.2) is 0 Å². The van der Waals surface area contributed by atoms with Gasteiger partial charge in [0.25, 0.3) is 0 Å². The summed E-state index contributed by atoms with van der Waals surface area (Å²) in [6, 6.07) is 6.36. The Morgan fingerprint density at radius 1 is 1.46 bits per heavy atom. The molecule has 2 N–H and O–H groups in total. The molecule has 0 saturated heterocycles. The summed E-state index contributed by atoms with van der Waals surface area (Å²) in [6.07, 6.45) is 0. The molecule has 68 valence electrons. The zero-order chi connectivity index (χ0) is 9.42. The molecule has 0 aliphatic rings. The van der Waals surface area contributed by atoms with Crippen molar-refractivity contribution in [3.63, 3.8) is 0 Å². The fraction of sp³-hybridized carbons (Fsp3) is 0.111. The first kappa shape index (κ1) is 9.73. The monoisotopic (exact) mass is 367 g/mol. The van der Waals surface area contributed by atoms with E-state index < -0.39 is 0 Å². The second-order valence-electron chi connectivity index (χ2n) is 2.73. The molecule has 0 bridgehead atoms. The first-order valence-electron chi connectivity index (χ1n) is 3.74. The van der Waals surface area contributed by atoms with Crippen LogP contribution >= 0.6 is 49.9 Å². The fourth-order valence-corrected chi connectivity index (χ4v) is 3.58. The van der Waals surface area contributed by atoms with Crippen LogP contribution in [-0.2, 0) is 5.33 Å². The van der Waals surface area contributed by atoms with E-state index in [0.717, 1.165) is 11.0 Å². The van der Waals surface area contributed by atoms with Gasteiger partial charge in [-0.2, -0.15) is 0 Å². The van der Waals surface area contributed by atoms with E-state index in [1.54, 1.807) is 11.3 Å². The SMILES string of the molecule is Nc1c(CBr)ccc2sc(I)cc12. The normalized spacial score (nSPS) is 10.9. The molecular weight excluding hydrogens is 361 g/mol. The number of rotatable bonds is 1. The highest BCUT2D eigenvalue weighted by molar-refractivity contribution is 14.1. The molecule has 0 amide bonds. The van der Waals surface area contributed by atoms with Gasteiger partial charge in [0, 0.05) is 21.1 Å². The molecule has 0 saturated carbocycles. The van der Waals surface area contributed by atoms with Crippen LogP contribution in [0.1, 0.15) is 5.56 Å². The topological polar surface area (TPSA) is 26.0 Å². The molecule has 0 fully saturated rings. The molecule has 0 radical (unpaired) electrons. The van der Waals surface area contributed by atoms with E-state index in [9.17, 15) is 0 Å². The number of nitrogen functional groups attached to an aromatic ring is 1. The molecule has 4 heteroatoms. The molecule has 1 aromatic carbocycles. The molecule has 0 aliphatic carbocycles. The van der Waals surface area contributed by atoms with Crippen LogP contribution in [0.15, 0.2) is 18.2 Å². The van der Waals surface area contributed by atoms with Crippen molar-refractivity contribution in [2.24, 2.45) is 0 Å². The van der Waals surface area contributed by atoms with Gasteiger partial charge >= 0.3 is 0 Å². The Morgan fingerprint density at radius 2 is 2.23 bits per heavy atom. The number of hydrogen-bond donors (Lipinski definition) is 1. The molecular formula is C9H7BrINS. The highest BCUT2D eigenvalue weighted by atomic mass is 127. The minimum atomic E-state index is 0.821. The lowest BCUT2D eigenvalue weighted by Gasteiger charge is -2.01. The van der Waals surface area contributed by atoms with Crippen LogP contribution in [0.25, 0.3) is 10.1 Å². The summed E-state index contributed by atoms with van der Waals surface area (Å²) in [5, 5.41) is 2.01. The van der Waals surface area contributed by atoms with E-state index in [0.29, 0.717) is 0 Å². The van der Waals surface area contributed by atoms with Crippen LogP contribution in [0.2, 0.25) is 0 Å². The molecule has 13 heavy (non-hydrogen) atoms. The Labute approximate surface area is 103 Å². The lowest BCUT2D eigenvalue weighted by molar-refractivity contribution is 1.47. The molecule has 1 nitrogen and oxygen atoms in total. The smallest absolute Gasteiger partial charge is 0.0666 e. The maximum Gasteiger partial charge on any atom is 0.0666 e. The maximum absolute atomic E-state index is 6.02. The first-order valence-corrected chi connectivity index (χ1v) is 6.76. The zero-order valence-corrected chi connectivity index (χ0v) is 11.2. The van der Waals surface area contributed by atoms with E-state index in [-0.39, 0.29) is 0 Å². The van der Waals surface area contributed by atoms with E-state index in [1.807, 2.05) is 0 Å². The largest absolute Gasteiger partial charge is 0.398 e. The van der Waals surface area contributed by atoms with Gasteiger partial charge in [-0.1, -0.05) is 22.0 Å². The van der Waals surface area contributed by atoms with E-state index in [1.165, 1.54) is 18.5 Å². The lowest BCUT2D eigenvalue weighted by atomic mass is 10.1. The van der Waals surface area contributed by atoms with Gasteiger partial charge < -0.3 is 5.73 Å². The average Bonchev–Trinajstić information content (AvgIpc) is 2.47. The van der Waals surface area contributed by atoms with Crippen molar-refractivity contribution in [2.75, 3.05) is 5.73 Å². The molecule has 0 unspecified atom stereocenters. The molecule has 0 atom stereocenters. The zero-order valence-electron chi connectivity index (χ0n) is 6.68. The van der Waals surface area contributed by atoms with Gasteiger partial charge in [-0.05, 0) is 40.3 Å². The Balaban J connectivity index is 2.78. The van der Waals surface area contributed by atoms with Crippen molar-refractivity contribution in [1.29, 1.82) is 0 Å². The van der Waals surface area contributed by atoms with Crippen molar-refractivity contribution in [2.45, 2.75) is 5.33 Å². The summed E-state index contributed by atoms with van der Waals surface area (Å²) in [5.74, 6) is 0. The standard InChI is InChI=1S/C9H7BrINS/c10-4-5-1-2-7-6(9(5)12)3-8(11)13-7/h1-3H,4,12H2. The highest BCUT2D eigenvalue weighted by Gasteiger charge is 2.06. The molecule has 1 aromatic heterocycles. The van der Waals surface area contributed by atoms with Gasteiger partial charge in [0.15, 0.2) is 0 Å². The number of benzene rings is 1. The Morgan fingerprint density at radius 3 is 2.92 bits per heavy atom. The number of anilines is 1. The molecule has 2 aromatic rings. The molecule has 2 rings (SSSR count). The van der Waals surface area contributed by atoms with Crippen LogP contribution < -0.4 is 5.73 Å². The minimum absolute atomic E-state index is 0.821. The third-order valence-corrected chi connectivity index (χ3v) is 4.41. The third kappa shape index (κ3) is 1.71. The summed E-state index contributed by atoms with van der Waals surface area (Å²) >= 11 is 7.52. The van der Waals surface area contributed by atoms with Crippen LogP contribution in [0, 0.1) is 2.88 Å². The van der Waals surface area contributed by atoms with Gasteiger partial charge in [0.1, 0.15) is 0 Å². The number of hydrogen-bond acceptors (Lipinski definition) is 2. The van der Waals surface area contributed by atoms with Crippen LogP contribution in [0.5, 0.6) is 0 Å². The summed E-state index contributed by atoms with van der Waals surface area (Å²) in [4.78, 5) is 0. The minimum Gasteiger partial charge on any atom is -0.398 e. The number of fused-ring (bicyclic) bond motifs is 1. The number of nitrogens with two attached hydrogens (primary N) is 1. The number of alkyl halides is 1. The maximum atomic E-state index is 6.02. The van der Waals surface area contributed by atoms with Gasteiger partial charge in [0.2, 0.25) is 0 Å². The molecule has 0 aliphatic heterocycles. The number of halogens is 2. The van der Waals surface area contributed by atoms with Crippen LogP contribution in [0.4, 0.5) is 5.69 Å². The Kier molecular flexibility index (Phi) is 2.80. The van der Waals surface area contributed by atoms with Crippen LogP contribution in [-0.4, -0.2) is 0 Å². The Hall–Kier alpha value is 0.190. The van der Waals surface area contributed by atoms with E-state index >= 15 is 0 Å². The first-order chi connectivity index (χ1) is 6.22. The van der Waals surface area contributed by atoms with Crippen molar-refractivity contribution >= 4 is 65.6 Å². The van der Waals surface area contributed by atoms with Crippen molar-refractivity contribution < 1.29 is 0 Å². The predicted octanol–water partition coefficient (Wildman–Crippen LogP) is 3.98. The van der Waals surface area contributed by atoms with Crippen molar-refractivity contribution in [3.05, 3.63) is 26.6 Å². The van der Waals surface area contributed by atoms with Crippen molar-refractivity contribution in [1.82, 2.24) is 0 Å². The number of thiophene rings is 1. The average molecular weight is 368 g/mol. The second-order valence-corrected chi connectivity index (χ2v) is 6.27. The third-order valence-electron chi connectivity index (χ3n) is 1.95. The second kappa shape index (κ2) is 3.74. The summed E-state index contributed by atoms with van der Waals surface area (Å²) in [7, 11) is 0. The van der Waals surface area contributed by atoms with E-state index in [2.05, 4.69) is 56.7 Å². The summed E-state index contributed by atoms with van der Waals surface area (Å²) in [5.41, 5.74) is 8.10. The van der Waals surface area contributed by atoms with Crippen LogP contribution in [0.3, 0.4) is 0 Å². The van der Waals surface area contributed by atoms with E-state index in [4.69, 9.17) is 5.73 Å². The van der Waals surface area contributed by atoms with Crippen molar-refractivity contribution in [3.8, 4) is 0 Å². The van der Waals surface area contributed by atoms with Gasteiger partial charge in [-0.15, -0.1) is 11.3 Å². The molecule has 1 heterocycles. The quantitative estimate of drug-likeness (QED) is 0.460. The van der Waals surface area contributed by atoms with Gasteiger partial charge in [-0.3, -0.25) is 0 Å². The fourth-order valence-electron chi connectivity index (χ4n) is 1.26. The Bertz CT molecular complexity index is 452.